The van der Waals surface area contributed by atoms with E-state index in [2.05, 4.69) is 22.9 Å². The lowest BCUT2D eigenvalue weighted by Gasteiger charge is -2.31. The van der Waals surface area contributed by atoms with Crippen molar-refractivity contribution in [2.24, 2.45) is 5.92 Å². The van der Waals surface area contributed by atoms with Gasteiger partial charge in [-0.2, -0.15) is 0 Å². The Morgan fingerprint density at radius 1 is 1.39 bits per heavy atom. The van der Waals surface area contributed by atoms with Gasteiger partial charge in [-0.05, 0) is 65.7 Å². The molecule has 0 heterocycles. The van der Waals surface area contributed by atoms with E-state index in [1.165, 1.54) is 25.7 Å². The fraction of sp³-hybridized carbons (Fsp3) is 0.533. The van der Waals surface area contributed by atoms with Crippen molar-refractivity contribution in [1.29, 1.82) is 0 Å². The van der Waals surface area contributed by atoms with Crippen LogP contribution in [0.25, 0.3) is 0 Å². The standard InChI is InChI=1S/C15H19BrO2/c1-2-11-5-3-4-6-15(11)18-13-8-7-12(10-17)14(16)9-13/h7-11,15H,2-6H2,1H3. The van der Waals surface area contributed by atoms with Crippen molar-refractivity contribution in [2.75, 3.05) is 0 Å². The summed E-state index contributed by atoms with van der Waals surface area (Å²) in [5.41, 5.74) is 0.665. The van der Waals surface area contributed by atoms with E-state index in [4.69, 9.17) is 4.74 Å². The van der Waals surface area contributed by atoms with Crippen molar-refractivity contribution in [1.82, 2.24) is 0 Å². The van der Waals surface area contributed by atoms with Crippen molar-refractivity contribution >= 4 is 22.2 Å². The third kappa shape index (κ3) is 3.14. The zero-order chi connectivity index (χ0) is 13.0. The van der Waals surface area contributed by atoms with Gasteiger partial charge in [-0.3, -0.25) is 4.79 Å². The molecule has 0 aromatic heterocycles. The van der Waals surface area contributed by atoms with Crippen LogP contribution in [0.5, 0.6) is 5.75 Å². The minimum atomic E-state index is 0.331. The second kappa shape index (κ2) is 6.37. The zero-order valence-corrected chi connectivity index (χ0v) is 12.3. The number of carbonyl (C=O) groups is 1. The van der Waals surface area contributed by atoms with Crippen LogP contribution in [-0.2, 0) is 0 Å². The molecule has 0 bridgehead atoms. The maximum absolute atomic E-state index is 10.8. The molecule has 0 aliphatic heterocycles. The molecule has 3 heteroatoms. The average Bonchev–Trinajstić information content (AvgIpc) is 2.39. The predicted molar refractivity (Wildman–Crippen MR) is 76.2 cm³/mol. The molecule has 0 spiro atoms. The lowest BCUT2D eigenvalue weighted by molar-refractivity contribution is 0.0903. The number of halogens is 1. The van der Waals surface area contributed by atoms with Gasteiger partial charge in [0.2, 0.25) is 0 Å². The van der Waals surface area contributed by atoms with Crippen molar-refractivity contribution in [2.45, 2.75) is 45.1 Å². The summed E-state index contributed by atoms with van der Waals surface area (Å²) in [6, 6.07) is 5.58. The van der Waals surface area contributed by atoms with Crippen LogP contribution >= 0.6 is 15.9 Å². The molecule has 1 aromatic rings. The highest BCUT2D eigenvalue weighted by Gasteiger charge is 2.25. The minimum absolute atomic E-state index is 0.331. The summed E-state index contributed by atoms with van der Waals surface area (Å²) in [5, 5.41) is 0. The van der Waals surface area contributed by atoms with E-state index in [-0.39, 0.29) is 0 Å². The molecule has 1 aliphatic rings. The van der Waals surface area contributed by atoms with E-state index in [0.717, 1.165) is 22.9 Å². The van der Waals surface area contributed by atoms with Crippen molar-refractivity contribution in [3.05, 3.63) is 28.2 Å². The first-order valence-corrected chi connectivity index (χ1v) is 7.45. The topological polar surface area (TPSA) is 26.3 Å². The molecule has 2 rings (SSSR count). The molecule has 1 aliphatic carbocycles. The van der Waals surface area contributed by atoms with Gasteiger partial charge in [0.05, 0.1) is 0 Å². The van der Waals surface area contributed by atoms with Gasteiger partial charge in [-0.25, -0.2) is 0 Å². The second-order valence-electron chi connectivity index (χ2n) is 4.91. The lowest BCUT2D eigenvalue weighted by Crippen LogP contribution is -2.29. The van der Waals surface area contributed by atoms with Gasteiger partial charge in [0.25, 0.3) is 0 Å². The monoisotopic (exact) mass is 310 g/mol. The van der Waals surface area contributed by atoms with Crippen LogP contribution in [0.4, 0.5) is 0 Å². The van der Waals surface area contributed by atoms with E-state index < -0.39 is 0 Å². The summed E-state index contributed by atoms with van der Waals surface area (Å²) in [4.78, 5) is 10.8. The van der Waals surface area contributed by atoms with Gasteiger partial charge in [-0.1, -0.05) is 13.3 Å². The second-order valence-corrected chi connectivity index (χ2v) is 5.76. The van der Waals surface area contributed by atoms with E-state index in [0.29, 0.717) is 17.6 Å². The molecule has 2 atom stereocenters. The molecule has 98 valence electrons. The summed E-state index contributed by atoms with van der Waals surface area (Å²) >= 11 is 3.39. The van der Waals surface area contributed by atoms with Crippen LogP contribution < -0.4 is 4.74 Å². The van der Waals surface area contributed by atoms with E-state index in [1.807, 2.05) is 12.1 Å². The first-order chi connectivity index (χ1) is 8.74. The van der Waals surface area contributed by atoms with Gasteiger partial charge in [0.1, 0.15) is 11.9 Å². The molecule has 0 amide bonds. The number of hydrogen-bond acceptors (Lipinski definition) is 2. The van der Waals surface area contributed by atoms with Crippen LogP contribution in [0, 0.1) is 5.92 Å². The van der Waals surface area contributed by atoms with Crippen molar-refractivity contribution in [3.8, 4) is 5.75 Å². The molecule has 2 nitrogen and oxygen atoms in total. The van der Waals surface area contributed by atoms with Gasteiger partial charge >= 0.3 is 0 Å². The number of ether oxygens (including phenoxy) is 1. The number of carbonyl (C=O) groups excluding carboxylic acids is 1. The maximum atomic E-state index is 10.8. The van der Waals surface area contributed by atoms with E-state index >= 15 is 0 Å². The quantitative estimate of drug-likeness (QED) is 0.759. The van der Waals surface area contributed by atoms with Crippen molar-refractivity contribution in [3.63, 3.8) is 0 Å². The number of hydrogen-bond donors (Lipinski definition) is 0. The van der Waals surface area contributed by atoms with Crippen LogP contribution in [-0.4, -0.2) is 12.4 Å². The van der Waals surface area contributed by atoms with Crippen LogP contribution in [0.3, 0.4) is 0 Å². The Hall–Kier alpha value is -0.830. The fourth-order valence-corrected chi connectivity index (χ4v) is 3.10. The molecule has 1 aromatic carbocycles. The first kappa shape index (κ1) is 13.6. The molecule has 1 fully saturated rings. The zero-order valence-electron chi connectivity index (χ0n) is 10.7. The SMILES string of the molecule is CCC1CCCCC1Oc1ccc(C=O)c(Br)c1. The first-order valence-electron chi connectivity index (χ1n) is 6.66. The molecule has 1 saturated carbocycles. The van der Waals surface area contributed by atoms with Crippen LogP contribution in [0.1, 0.15) is 49.4 Å². The van der Waals surface area contributed by atoms with E-state index in [9.17, 15) is 4.79 Å². The largest absolute Gasteiger partial charge is 0.490 e. The summed E-state index contributed by atoms with van der Waals surface area (Å²) in [6.07, 6.45) is 7.36. The third-order valence-electron chi connectivity index (χ3n) is 3.75. The molecular weight excluding hydrogens is 292 g/mol. The molecule has 0 radical (unpaired) electrons. The van der Waals surface area contributed by atoms with Crippen molar-refractivity contribution < 1.29 is 9.53 Å². The maximum Gasteiger partial charge on any atom is 0.151 e. The Balaban J connectivity index is 2.08. The van der Waals surface area contributed by atoms with Crippen LogP contribution in [0.15, 0.2) is 22.7 Å². The summed E-state index contributed by atoms with van der Waals surface area (Å²) in [6.45, 7) is 2.23. The summed E-state index contributed by atoms with van der Waals surface area (Å²) < 4.78 is 6.90. The highest BCUT2D eigenvalue weighted by Crippen LogP contribution is 2.31. The smallest absolute Gasteiger partial charge is 0.151 e. The summed E-state index contributed by atoms with van der Waals surface area (Å²) in [7, 11) is 0. The third-order valence-corrected chi connectivity index (χ3v) is 4.44. The highest BCUT2D eigenvalue weighted by molar-refractivity contribution is 9.10. The Morgan fingerprint density at radius 2 is 2.17 bits per heavy atom. The van der Waals surface area contributed by atoms with Gasteiger partial charge in [0, 0.05) is 10.0 Å². The highest BCUT2D eigenvalue weighted by atomic mass is 79.9. The summed E-state index contributed by atoms with van der Waals surface area (Å²) in [5.74, 6) is 1.53. The van der Waals surface area contributed by atoms with E-state index in [1.54, 1.807) is 6.07 Å². The Labute approximate surface area is 117 Å². The lowest BCUT2D eigenvalue weighted by atomic mass is 9.85. The molecule has 0 saturated heterocycles. The Kier molecular flexibility index (Phi) is 4.81. The molecular formula is C15H19BrO2. The Bertz CT molecular complexity index is 417. The number of rotatable bonds is 4. The molecule has 18 heavy (non-hydrogen) atoms. The van der Waals surface area contributed by atoms with Crippen LogP contribution in [0.2, 0.25) is 0 Å². The average molecular weight is 311 g/mol. The van der Waals surface area contributed by atoms with Gasteiger partial charge < -0.3 is 4.74 Å². The normalized spacial score (nSPS) is 23.7. The van der Waals surface area contributed by atoms with Gasteiger partial charge in [0.15, 0.2) is 6.29 Å². The minimum Gasteiger partial charge on any atom is -0.490 e. The number of aldehydes is 1. The fourth-order valence-electron chi connectivity index (χ4n) is 2.65. The molecule has 0 N–H and O–H groups in total. The van der Waals surface area contributed by atoms with Gasteiger partial charge in [-0.15, -0.1) is 0 Å². The number of benzene rings is 1. The molecule has 2 unspecified atom stereocenters. The Morgan fingerprint density at radius 3 is 2.83 bits per heavy atom. The predicted octanol–water partition coefficient (Wildman–Crippen LogP) is 4.61.